The second-order valence-corrected chi connectivity index (χ2v) is 13.6. The molecule has 0 saturated heterocycles. The van der Waals surface area contributed by atoms with Crippen molar-refractivity contribution >= 4 is 61.6 Å². The van der Waals surface area contributed by atoms with Crippen LogP contribution in [-0.4, -0.2) is 144 Å². The SMILES string of the molecule is CCCCCCCC[N+](CO)(CC(C)C(=O)[O-])CC(C)C(=O)O.CCCCCCCC[N+](CO)(CC(C)C(=O)[O-])CC(C)C(=O)O.[Ca+2]. The second-order valence-electron chi connectivity index (χ2n) is 13.6. The standard InChI is InChI=1S/2C17H33NO5.Ca/c2*1-4-5-6-7-8-9-10-18(13-19,11-14(2)16(20)21)12-15(3)17(22)23;/h2*14-15,19H,4-13H2,1-3H3,(H-,20,21,22,23);/q;;+2. The van der Waals surface area contributed by atoms with Gasteiger partial charge in [0, 0.05) is 23.8 Å². The molecule has 0 heterocycles. The molecule has 0 amide bonds. The number of aliphatic hydroxyl groups is 2. The Hall–Kier alpha value is -1.02. The van der Waals surface area contributed by atoms with Crippen LogP contribution in [0.5, 0.6) is 0 Å². The van der Waals surface area contributed by atoms with Crippen LogP contribution in [0.4, 0.5) is 0 Å². The molecule has 0 aliphatic heterocycles. The number of unbranched alkanes of at least 4 members (excludes halogenated alkanes) is 10. The summed E-state index contributed by atoms with van der Waals surface area (Å²) >= 11 is 0. The zero-order chi connectivity index (χ0) is 35.8. The van der Waals surface area contributed by atoms with Crippen LogP contribution < -0.4 is 10.2 Å². The first-order chi connectivity index (χ1) is 21.6. The van der Waals surface area contributed by atoms with Crippen LogP contribution in [0.15, 0.2) is 0 Å². The number of carboxylic acid groups (broad SMARTS) is 4. The molecule has 0 radical (unpaired) electrons. The quantitative estimate of drug-likeness (QED) is 0.0406. The van der Waals surface area contributed by atoms with Crippen molar-refractivity contribution in [2.24, 2.45) is 23.7 Å². The third-order valence-electron chi connectivity index (χ3n) is 8.86. The van der Waals surface area contributed by atoms with Crippen molar-refractivity contribution in [3.8, 4) is 0 Å². The Bertz CT molecular complexity index is 749. The molecule has 0 aromatic heterocycles. The third kappa shape index (κ3) is 23.9. The number of hydrogen-bond acceptors (Lipinski definition) is 8. The summed E-state index contributed by atoms with van der Waals surface area (Å²) in [4.78, 5) is 44.4. The summed E-state index contributed by atoms with van der Waals surface area (Å²) in [6, 6.07) is 0. The van der Waals surface area contributed by atoms with Gasteiger partial charge in [-0.05, 0) is 39.5 Å². The molecule has 47 heavy (non-hydrogen) atoms. The van der Waals surface area contributed by atoms with E-state index in [-0.39, 0.29) is 86.3 Å². The molecule has 0 spiro atoms. The van der Waals surface area contributed by atoms with E-state index in [0.717, 1.165) is 38.5 Å². The number of quaternary nitrogens is 2. The summed E-state index contributed by atoms with van der Waals surface area (Å²) in [5.41, 5.74) is 0. The summed E-state index contributed by atoms with van der Waals surface area (Å²) in [6.07, 6.45) is 13.1. The first-order valence-electron chi connectivity index (χ1n) is 17.3. The summed E-state index contributed by atoms with van der Waals surface area (Å²) in [6.45, 7) is 12.2. The summed E-state index contributed by atoms with van der Waals surface area (Å²) in [7, 11) is 0. The smallest absolute Gasteiger partial charge is 0.550 e. The number of carbonyl (C=O) groups is 4. The van der Waals surface area contributed by atoms with E-state index in [1.807, 2.05) is 0 Å². The maximum absolute atomic E-state index is 11.1. The fourth-order valence-corrected chi connectivity index (χ4v) is 5.97. The second kappa shape index (κ2) is 28.8. The number of hydrogen-bond donors (Lipinski definition) is 4. The third-order valence-corrected chi connectivity index (χ3v) is 8.86. The number of carboxylic acids is 4. The molecule has 0 bridgehead atoms. The van der Waals surface area contributed by atoms with Gasteiger partial charge in [0.25, 0.3) is 0 Å². The predicted molar refractivity (Wildman–Crippen MR) is 178 cm³/mol. The van der Waals surface area contributed by atoms with Crippen LogP contribution in [0, 0.1) is 23.7 Å². The molecule has 0 saturated carbocycles. The summed E-state index contributed by atoms with van der Waals surface area (Å²) in [5, 5.41) is 60.0. The Balaban J connectivity index is -0.000000807. The largest absolute Gasteiger partial charge is 2.00 e. The number of carbonyl (C=O) groups excluding carboxylic acids is 2. The Kier molecular flexibility index (Phi) is 30.8. The van der Waals surface area contributed by atoms with Gasteiger partial charge in [-0.2, -0.15) is 0 Å². The molecule has 272 valence electrons. The molecule has 0 aliphatic rings. The zero-order valence-electron chi connectivity index (χ0n) is 30.3. The van der Waals surface area contributed by atoms with Crippen molar-refractivity contribution in [2.75, 3.05) is 52.7 Å². The Morgan fingerprint density at radius 3 is 1.00 bits per heavy atom. The Labute approximate surface area is 313 Å². The summed E-state index contributed by atoms with van der Waals surface area (Å²) in [5.74, 6) is -6.87. The number of nitrogens with zero attached hydrogens (tertiary/aromatic N) is 2. The van der Waals surface area contributed by atoms with E-state index in [9.17, 15) is 39.6 Å². The molecule has 6 unspecified atom stereocenters. The van der Waals surface area contributed by atoms with Crippen LogP contribution in [0.2, 0.25) is 0 Å². The summed E-state index contributed by atoms with van der Waals surface area (Å²) < 4.78 is 0.215. The van der Waals surface area contributed by atoms with Crippen molar-refractivity contribution in [3.05, 3.63) is 0 Å². The van der Waals surface area contributed by atoms with Gasteiger partial charge in [0.2, 0.25) is 0 Å². The molecule has 0 aromatic rings. The monoisotopic (exact) mass is 702 g/mol. The van der Waals surface area contributed by atoms with Crippen LogP contribution in [0.25, 0.3) is 0 Å². The number of rotatable bonds is 28. The van der Waals surface area contributed by atoms with Gasteiger partial charge >= 0.3 is 49.7 Å². The average Bonchev–Trinajstić information content (AvgIpc) is 3.00. The molecule has 0 aliphatic carbocycles. The molecule has 4 N–H and O–H groups in total. The van der Waals surface area contributed by atoms with Crippen molar-refractivity contribution in [1.82, 2.24) is 0 Å². The Morgan fingerprint density at radius 1 is 0.511 bits per heavy atom. The molecule has 0 fully saturated rings. The van der Waals surface area contributed by atoms with Crippen LogP contribution >= 0.6 is 0 Å². The normalized spacial score (nSPS) is 16.2. The number of aliphatic carboxylic acids is 4. The van der Waals surface area contributed by atoms with Crippen molar-refractivity contribution in [3.63, 3.8) is 0 Å². The number of aliphatic hydroxyl groups excluding tert-OH is 2. The van der Waals surface area contributed by atoms with Crippen molar-refractivity contribution in [2.45, 2.75) is 119 Å². The van der Waals surface area contributed by atoms with Gasteiger partial charge in [-0.15, -0.1) is 0 Å². The van der Waals surface area contributed by atoms with E-state index in [1.165, 1.54) is 38.5 Å². The molecular formula is C34H66CaN2O10+2. The van der Waals surface area contributed by atoms with E-state index in [2.05, 4.69) is 13.8 Å². The van der Waals surface area contributed by atoms with E-state index in [4.69, 9.17) is 10.2 Å². The molecule has 13 heteroatoms. The van der Waals surface area contributed by atoms with E-state index in [1.54, 1.807) is 27.7 Å². The first-order valence-corrected chi connectivity index (χ1v) is 17.3. The molecule has 12 nitrogen and oxygen atoms in total. The van der Waals surface area contributed by atoms with Gasteiger partial charge in [0.1, 0.15) is 11.8 Å². The van der Waals surface area contributed by atoms with Crippen LogP contribution in [-0.2, 0) is 19.2 Å². The van der Waals surface area contributed by atoms with Crippen LogP contribution in [0.3, 0.4) is 0 Å². The van der Waals surface area contributed by atoms with E-state index in [0.29, 0.717) is 13.1 Å². The predicted octanol–water partition coefficient (Wildman–Crippen LogP) is 2.06. The maximum atomic E-state index is 11.1. The van der Waals surface area contributed by atoms with Crippen molar-refractivity contribution in [1.29, 1.82) is 0 Å². The fourth-order valence-electron chi connectivity index (χ4n) is 5.97. The molecular weight excluding hydrogens is 636 g/mol. The Morgan fingerprint density at radius 2 is 0.766 bits per heavy atom. The topological polar surface area (TPSA) is 195 Å². The maximum Gasteiger partial charge on any atom is 2.00 e. The molecule has 6 atom stereocenters. The molecule has 0 rings (SSSR count). The van der Waals surface area contributed by atoms with Crippen LogP contribution in [0.1, 0.15) is 119 Å². The van der Waals surface area contributed by atoms with E-state index < -0.39 is 47.5 Å². The molecule has 0 aromatic carbocycles. The van der Waals surface area contributed by atoms with Gasteiger partial charge in [-0.3, -0.25) is 18.6 Å². The average molecular weight is 703 g/mol. The van der Waals surface area contributed by atoms with E-state index >= 15 is 0 Å². The zero-order valence-corrected chi connectivity index (χ0v) is 32.5. The minimum absolute atomic E-state index is 0. The van der Waals surface area contributed by atoms with Gasteiger partial charge in [-0.1, -0.05) is 79.1 Å². The van der Waals surface area contributed by atoms with Gasteiger partial charge in [0.05, 0.1) is 39.3 Å². The van der Waals surface area contributed by atoms with Crippen molar-refractivity contribution < 1.29 is 58.8 Å². The van der Waals surface area contributed by atoms with Gasteiger partial charge < -0.3 is 40.2 Å². The minimum Gasteiger partial charge on any atom is -0.550 e. The minimum atomic E-state index is -1.16. The fraction of sp³-hybridized carbons (Fsp3) is 0.882. The van der Waals surface area contributed by atoms with Gasteiger partial charge in [0.15, 0.2) is 13.5 Å². The first kappa shape index (κ1) is 50.4. The van der Waals surface area contributed by atoms with Gasteiger partial charge in [-0.25, -0.2) is 0 Å².